The highest BCUT2D eigenvalue weighted by Crippen LogP contribution is 2.30. The van der Waals surface area contributed by atoms with Gasteiger partial charge in [0, 0.05) is 23.1 Å². The minimum absolute atomic E-state index is 0.0382. The van der Waals surface area contributed by atoms with E-state index in [1.807, 2.05) is 6.92 Å². The number of likely N-dealkylation sites (N-methyl/N-ethyl adjacent to an activating group) is 1. The zero-order valence-electron chi connectivity index (χ0n) is 21.7. The molecule has 38 heavy (non-hydrogen) atoms. The van der Waals surface area contributed by atoms with Crippen molar-refractivity contribution in [1.29, 1.82) is 0 Å². The van der Waals surface area contributed by atoms with Crippen LogP contribution in [-0.4, -0.2) is 44.3 Å². The van der Waals surface area contributed by atoms with E-state index in [1.165, 1.54) is 23.1 Å². The standard InChI is InChI=1S/C28H31Cl2N3O4S/c1-5-31-28(35)21(4)32(17-22-9-12-23(29)13-10-22)27(34)18-33(26-16-24(30)11-8-20(26)3)38(36,37)25-14-6-19(2)7-15-25/h6-16,21H,5,17-18H2,1-4H3,(H,31,35)/t21-/m1/s1. The van der Waals surface area contributed by atoms with Gasteiger partial charge in [-0.2, -0.15) is 0 Å². The van der Waals surface area contributed by atoms with E-state index in [-0.39, 0.29) is 23.0 Å². The van der Waals surface area contributed by atoms with E-state index < -0.39 is 28.5 Å². The highest BCUT2D eigenvalue weighted by molar-refractivity contribution is 7.92. The fraction of sp³-hybridized carbons (Fsp3) is 0.286. The number of hydrogen-bond donors (Lipinski definition) is 1. The largest absolute Gasteiger partial charge is 0.355 e. The van der Waals surface area contributed by atoms with Crippen LogP contribution < -0.4 is 9.62 Å². The summed E-state index contributed by atoms with van der Waals surface area (Å²) in [5.41, 5.74) is 2.55. The molecule has 10 heteroatoms. The SMILES string of the molecule is CCNC(=O)[C@@H](C)N(Cc1ccc(Cl)cc1)C(=O)CN(c1cc(Cl)ccc1C)S(=O)(=O)c1ccc(C)cc1. The first-order valence-electron chi connectivity index (χ1n) is 12.1. The van der Waals surface area contributed by atoms with Crippen LogP contribution in [0.25, 0.3) is 0 Å². The predicted octanol–water partition coefficient (Wildman–Crippen LogP) is 5.36. The molecule has 0 saturated carbocycles. The number of nitrogens with one attached hydrogen (secondary N) is 1. The van der Waals surface area contributed by atoms with Crippen LogP contribution in [0.5, 0.6) is 0 Å². The Morgan fingerprint density at radius 1 is 0.921 bits per heavy atom. The molecule has 2 amide bonds. The monoisotopic (exact) mass is 575 g/mol. The van der Waals surface area contributed by atoms with Crippen LogP contribution in [0.1, 0.15) is 30.5 Å². The van der Waals surface area contributed by atoms with E-state index in [0.29, 0.717) is 22.2 Å². The highest BCUT2D eigenvalue weighted by Gasteiger charge is 2.33. The zero-order chi connectivity index (χ0) is 28.0. The molecule has 1 N–H and O–H groups in total. The first kappa shape index (κ1) is 29.5. The number of halogens is 2. The third-order valence-electron chi connectivity index (χ3n) is 6.11. The molecule has 0 bridgehead atoms. The molecule has 0 radical (unpaired) electrons. The average molecular weight is 577 g/mol. The number of nitrogens with zero attached hydrogens (tertiary/aromatic N) is 2. The molecule has 0 fully saturated rings. The van der Waals surface area contributed by atoms with Gasteiger partial charge in [0.2, 0.25) is 11.8 Å². The van der Waals surface area contributed by atoms with Gasteiger partial charge in [-0.05, 0) is 75.2 Å². The summed E-state index contributed by atoms with van der Waals surface area (Å²) < 4.78 is 28.8. The van der Waals surface area contributed by atoms with Gasteiger partial charge in [-0.15, -0.1) is 0 Å². The molecule has 202 valence electrons. The molecule has 0 spiro atoms. The number of anilines is 1. The van der Waals surface area contributed by atoms with Gasteiger partial charge < -0.3 is 10.2 Å². The molecule has 1 atom stereocenters. The van der Waals surface area contributed by atoms with Crippen molar-refractivity contribution in [1.82, 2.24) is 10.2 Å². The number of rotatable bonds is 10. The average Bonchev–Trinajstić information content (AvgIpc) is 2.88. The van der Waals surface area contributed by atoms with E-state index >= 15 is 0 Å². The quantitative estimate of drug-likeness (QED) is 0.352. The Morgan fingerprint density at radius 2 is 1.53 bits per heavy atom. The van der Waals surface area contributed by atoms with Gasteiger partial charge in [-0.1, -0.05) is 59.1 Å². The number of carbonyl (C=O) groups excluding carboxylic acids is 2. The minimum Gasteiger partial charge on any atom is -0.355 e. The molecule has 0 aliphatic rings. The summed E-state index contributed by atoms with van der Waals surface area (Å²) in [5, 5.41) is 3.60. The zero-order valence-corrected chi connectivity index (χ0v) is 24.1. The number of sulfonamides is 1. The van der Waals surface area contributed by atoms with Crippen LogP contribution in [0, 0.1) is 13.8 Å². The molecule has 0 aliphatic carbocycles. The second-order valence-electron chi connectivity index (χ2n) is 8.97. The van der Waals surface area contributed by atoms with Crippen molar-refractivity contribution >= 4 is 50.7 Å². The summed E-state index contributed by atoms with van der Waals surface area (Å²) >= 11 is 12.3. The second-order valence-corrected chi connectivity index (χ2v) is 11.7. The Balaban J connectivity index is 2.07. The summed E-state index contributed by atoms with van der Waals surface area (Å²) in [6.45, 7) is 6.95. The Kier molecular flexibility index (Phi) is 9.82. The van der Waals surface area contributed by atoms with Crippen molar-refractivity contribution in [3.63, 3.8) is 0 Å². The molecule has 0 saturated heterocycles. The number of amides is 2. The Labute approximate surface area is 234 Å². The van der Waals surface area contributed by atoms with Gasteiger partial charge in [0.25, 0.3) is 10.0 Å². The lowest BCUT2D eigenvalue weighted by Gasteiger charge is -2.32. The van der Waals surface area contributed by atoms with E-state index in [9.17, 15) is 18.0 Å². The van der Waals surface area contributed by atoms with Crippen LogP contribution in [0.4, 0.5) is 5.69 Å². The molecule has 3 aromatic carbocycles. The first-order valence-corrected chi connectivity index (χ1v) is 14.3. The minimum atomic E-state index is -4.16. The second kappa shape index (κ2) is 12.7. The number of hydrogen-bond acceptors (Lipinski definition) is 4. The summed E-state index contributed by atoms with van der Waals surface area (Å²) in [6.07, 6.45) is 0. The van der Waals surface area contributed by atoms with Crippen molar-refractivity contribution in [2.24, 2.45) is 0 Å². The maximum absolute atomic E-state index is 13.9. The van der Waals surface area contributed by atoms with Gasteiger partial charge in [0.05, 0.1) is 10.6 Å². The summed E-state index contributed by atoms with van der Waals surface area (Å²) in [7, 11) is -4.16. The van der Waals surface area contributed by atoms with Crippen LogP contribution in [-0.2, 0) is 26.2 Å². The van der Waals surface area contributed by atoms with Crippen LogP contribution in [0.15, 0.2) is 71.6 Å². The normalized spacial score (nSPS) is 12.1. The smallest absolute Gasteiger partial charge is 0.264 e. The van der Waals surface area contributed by atoms with Crippen LogP contribution in [0.3, 0.4) is 0 Å². The summed E-state index contributed by atoms with van der Waals surface area (Å²) in [6, 6.07) is 17.3. The Hall–Kier alpha value is -3.07. The predicted molar refractivity (Wildman–Crippen MR) is 152 cm³/mol. The summed E-state index contributed by atoms with van der Waals surface area (Å²) in [5.74, 6) is -0.893. The van der Waals surface area contributed by atoms with Gasteiger partial charge in [0.15, 0.2) is 0 Å². The molecular formula is C28H31Cl2N3O4S. The van der Waals surface area contributed by atoms with Crippen molar-refractivity contribution in [3.05, 3.63) is 93.5 Å². The maximum Gasteiger partial charge on any atom is 0.264 e. The van der Waals surface area contributed by atoms with Gasteiger partial charge in [0.1, 0.15) is 12.6 Å². The molecule has 0 unspecified atom stereocenters. The van der Waals surface area contributed by atoms with E-state index in [0.717, 1.165) is 15.4 Å². The van der Waals surface area contributed by atoms with Gasteiger partial charge in [-0.25, -0.2) is 8.42 Å². The van der Waals surface area contributed by atoms with Gasteiger partial charge >= 0.3 is 0 Å². The lowest BCUT2D eigenvalue weighted by molar-refractivity contribution is -0.139. The first-order chi connectivity index (χ1) is 17.9. The Morgan fingerprint density at radius 3 is 2.13 bits per heavy atom. The molecule has 7 nitrogen and oxygen atoms in total. The number of carbonyl (C=O) groups is 2. The molecule has 0 aliphatic heterocycles. The van der Waals surface area contributed by atoms with E-state index in [2.05, 4.69) is 5.32 Å². The third kappa shape index (κ3) is 7.07. The fourth-order valence-electron chi connectivity index (χ4n) is 3.89. The number of aryl methyl sites for hydroxylation is 2. The molecule has 0 heterocycles. The van der Waals surface area contributed by atoms with E-state index in [4.69, 9.17) is 23.2 Å². The number of benzene rings is 3. The topological polar surface area (TPSA) is 86.8 Å². The lowest BCUT2D eigenvalue weighted by atomic mass is 10.1. The van der Waals surface area contributed by atoms with Gasteiger partial charge in [-0.3, -0.25) is 13.9 Å². The van der Waals surface area contributed by atoms with E-state index in [1.54, 1.807) is 69.3 Å². The molecule has 3 aromatic rings. The molecule has 3 rings (SSSR count). The van der Waals surface area contributed by atoms with Crippen molar-refractivity contribution in [2.45, 2.75) is 45.2 Å². The highest BCUT2D eigenvalue weighted by atomic mass is 35.5. The van der Waals surface area contributed by atoms with Crippen molar-refractivity contribution < 1.29 is 18.0 Å². The van der Waals surface area contributed by atoms with Crippen LogP contribution >= 0.6 is 23.2 Å². The fourth-order valence-corrected chi connectivity index (χ4v) is 5.66. The van der Waals surface area contributed by atoms with Crippen LogP contribution in [0.2, 0.25) is 10.0 Å². The Bertz CT molecular complexity index is 1390. The lowest BCUT2D eigenvalue weighted by Crippen LogP contribution is -2.51. The van der Waals surface area contributed by atoms with Crippen molar-refractivity contribution in [3.8, 4) is 0 Å². The molecule has 0 aromatic heterocycles. The van der Waals surface area contributed by atoms with Crippen molar-refractivity contribution in [2.75, 3.05) is 17.4 Å². The molecular weight excluding hydrogens is 545 g/mol. The maximum atomic E-state index is 13.9. The third-order valence-corrected chi connectivity index (χ3v) is 8.37. The summed E-state index contributed by atoms with van der Waals surface area (Å²) in [4.78, 5) is 28.0.